The normalized spacial score (nSPS) is 11.5. The summed E-state index contributed by atoms with van der Waals surface area (Å²) in [4.78, 5) is 29.6. The molecule has 0 radical (unpaired) electrons. The van der Waals surface area contributed by atoms with Crippen molar-refractivity contribution in [3.05, 3.63) is 118 Å². The van der Waals surface area contributed by atoms with Gasteiger partial charge in [0, 0.05) is 17.1 Å². The highest BCUT2D eigenvalue weighted by molar-refractivity contribution is 7.10. The van der Waals surface area contributed by atoms with Crippen LogP contribution in [0.5, 0.6) is 5.75 Å². The van der Waals surface area contributed by atoms with Crippen LogP contribution in [0.25, 0.3) is 0 Å². The Balaban J connectivity index is 1.73. The zero-order chi connectivity index (χ0) is 24.6. The number of hydrogen-bond acceptors (Lipinski definition) is 4. The molecule has 1 atom stereocenters. The second kappa shape index (κ2) is 11.4. The Morgan fingerprint density at radius 1 is 0.943 bits per heavy atom. The van der Waals surface area contributed by atoms with Gasteiger partial charge in [-0.2, -0.15) is 0 Å². The highest BCUT2D eigenvalue weighted by Gasteiger charge is 2.33. The molecule has 0 aliphatic rings. The second-order valence-corrected chi connectivity index (χ2v) is 8.91. The molecule has 0 fully saturated rings. The molecule has 0 aliphatic carbocycles. The third-order valence-electron chi connectivity index (χ3n) is 5.53. The molecule has 2 amide bonds. The van der Waals surface area contributed by atoms with E-state index in [0.717, 1.165) is 10.4 Å². The summed E-state index contributed by atoms with van der Waals surface area (Å²) in [5.41, 5.74) is 1.98. The molecule has 0 saturated heterocycles. The summed E-state index contributed by atoms with van der Waals surface area (Å²) < 4.78 is 19.0. The number of thiophene rings is 1. The maximum Gasteiger partial charge on any atom is 0.248 e. The zero-order valence-corrected chi connectivity index (χ0v) is 20.0. The molecule has 0 spiro atoms. The van der Waals surface area contributed by atoms with Gasteiger partial charge in [0.05, 0.1) is 13.5 Å². The van der Waals surface area contributed by atoms with E-state index in [-0.39, 0.29) is 18.2 Å². The third kappa shape index (κ3) is 6.13. The quantitative estimate of drug-likeness (QED) is 0.337. The lowest BCUT2D eigenvalue weighted by Crippen LogP contribution is -2.44. The van der Waals surface area contributed by atoms with Gasteiger partial charge in [-0.05, 0) is 59.0 Å². The first-order valence-corrected chi connectivity index (χ1v) is 12.0. The lowest BCUT2D eigenvalue weighted by atomic mass is 10.0. The molecule has 0 saturated carbocycles. The van der Waals surface area contributed by atoms with E-state index in [1.54, 1.807) is 31.4 Å². The van der Waals surface area contributed by atoms with E-state index in [1.807, 2.05) is 47.8 Å². The van der Waals surface area contributed by atoms with Crippen molar-refractivity contribution in [2.24, 2.45) is 0 Å². The SMILES string of the molecule is COc1ccc(C(C(=O)NCc2ccccc2)N(C(=O)Cc2cccs2)c2ccc(F)cc2)cc1. The Labute approximate surface area is 207 Å². The van der Waals surface area contributed by atoms with Crippen molar-refractivity contribution in [1.29, 1.82) is 0 Å². The number of carbonyl (C=O) groups is 2. The first kappa shape index (κ1) is 24.2. The maximum atomic E-state index is 13.7. The number of methoxy groups -OCH3 is 1. The number of anilines is 1. The average molecular weight is 489 g/mol. The predicted molar refractivity (Wildman–Crippen MR) is 136 cm³/mol. The molecule has 178 valence electrons. The summed E-state index contributed by atoms with van der Waals surface area (Å²) in [7, 11) is 1.56. The molecule has 5 nitrogen and oxygen atoms in total. The summed E-state index contributed by atoms with van der Waals surface area (Å²) in [5.74, 6) is -0.401. The first-order chi connectivity index (χ1) is 17.0. The molecular weight excluding hydrogens is 463 g/mol. The topological polar surface area (TPSA) is 58.6 Å². The minimum Gasteiger partial charge on any atom is -0.497 e. The number of benzene rings is 3. The predicted octanol–water partition coefficient (Wildman–Crippen LogP) is 5.53. The molecule has 4 rings (SSSR count). The molecule has 0 aliphatic heterocycles. The number of amides is 2. The van der Waals surface area contributed by atoms with Gasteiger partial charge in [-0.15, -0.1) is 11.3 Å². The molecule has 1 aromatic heterocycles. The highest BCUT2D eigenvalue weighted by Crippen LogP contribution is 2.30. The number of nitrogens with zero attached hydrogens (tertiary/aromatic N) is 1. The highest BCUT2D eigenvalue weighted by atomic mass is 32.1. The van der Waals surface area contributed by atoms with E-state index in [1.165, 1.54) is 40.5 Å². The van der Waals surface area contributed by atoms with Crippen molar-refractivity contribution in [2.75, 3.05) is 12.0 Å². The van der Waals surface area contributed by atoms with Gasteiger partial charge in [0.15, 0.2) is 0 Å². The van der Waals surface area contributed by atoms with Crippen LogP contribution < -0.4 is 15.0 Å². The summed E-state index contributed by atoms with van der Waals surface area (Å²) in [6, 6.07) is 25.0. The number of nitrogens with one attached hydrogen (secondary N) is 1. The fourth-order valence-electron chi connectivity index (χ4n) is 3.77. The summed E-state index contributed by atoms with van der Waals surface area (Å²) in [6.45, 7) is 0.308. The summed E-state index contributed by atoms with van der Waals surface area (Å²) in [6.07, 6.45) is 0.119. The minimum absolute atomic E-state index is 0.119. The van der Waals surface area contributed by atoms with Crippen molar-refractivity contribution in [1.82, 2.24) is 5.32 Å². The third-order valence-corrected chi connectivity index (χ3v) is 6.40. The van der Waals surface area contributed by atoms with E-state index < -0.39 is 11.9 Å². The van der Waals surface area contributed by atoms with Crippen LogP contribution in [0.3, 0.4) is 0 Å². The monoisotopic (exact) mass is 488 g/mol. The number of ether oxygens (including phenoxy) is 1. The van der Waals surface area contributed by atoms with Crippen molar-refractivity contribution < 1.29 is 18.7 Å². The van der Waals surface area contributed by atoms with Crippen molar-refractivity contribution >= 4 is 28.8 Å². The van der Waals surface area contributed by atoms with Crippen LogP contribution in [0.15, 0.2) is 96.4 Å². The van der Waals surface area contributed by atoms with Gasteiger partial charge in [0.1, 0.15) is 17.6 Å². The van der Waals surface area contributed by atoms with E-state index in [9.17, 15) is 14.0 Å². The van der Waals surface area contributed by atoms with Crippen LogP contribution in [0.4, 0.5) is 10.1 Å². The van der Waals surface area contributed by atoms with Crippen LogP contribution in [0.2, 0.25) is 0 Å². The summed E-state index contributed by atoms with van der Waals surface area (Å²) >= 11 is 1.47. The Morgan fingerprint density at radius 2 is 1.66 bits per heavy atom. The van der Waals surface area contributed by atoms with Gasteiger partial charge >= 0.3 is 0 Å². The minimum atomic E-state index is -0.970. The van der Waals surface area contributed by atoms with Crippen molar-refractivity contribution in [3.8, 4) is 5.75 Å². The van der Waals surface area contributed by atoms with Gasteiger partial charge in [-0.3, -0.25) is 14.5 Å². The fraction of sp³-hybridized carbons (Fsp3) is 0.143. The van der Waals surface area contributed by atoms with Crippen LogP contribution in [-0.2, 0) is 22.6 Å². The zero-order valence-electron chi connectivity index (χ0n) is 19.2. The Bertz CT molecular complexity index is 1240. The van der Waals surface area contributed by atoms with Crippen LogP contribution in [-0.4, -0.2) is 18.9 Å². The molecule has 7 heteroatoms. The summed E-state index contributed by atoms with van der Waals surface area (Å²) in [5, 5.41) is 4.87. The molecule has 4 aromatic rings. The van der Waals surface area contributed by atoms with Crippen molar-refractivity contribution in [2.45, 2.75) is 19.0 Å². The van der Waals surface area contributed by atoms with E-state index in [2.05, 4.69) is 5.32 Å². The molecule has 35 heavy (non-hydrogen) atoms. The lowest BCUT2D eigenvalue weighted by Gasteiger charge is -2.31. The lowest BCUT2D eigenvalue weighted by molar-refractivity contribution is -0.126. The Morgan fingerprint density at radius 3 is 2.29 bits per heavy atom. The molecular formula is C28H25FN2O3S. The molecule has 1 unspecified atom stereocenters. The number of carbonyl (C=O) groups excluding carboxylic acids is 2. The van der Waals surface area contributed by atoms with Gasteiger partial charge in [0.25, 0.3) is 0 Å². The van der Waals surface area contributed by atoms with E-state index >= 15 is 0 Å². The van der Waals surface area contributed by atoms with Gasteiger partial charge in [-0.25, -0.2) is 4.39 Å². The van der Waals surface area contributed by atoms with Gasteiger partial charge in [-0.1, -0.05) is 48.5 Å². The molecule has 3 aromatic carbocycles. The molecule has 1 N–H and O–H groups in total. The van der Waals surface area contributed by atoms with Crippen LogP contribution in [0.1, 0.15) is 22.0 Å². The fourth-order valence-corrected chi connectivity index (χ4v) is 4.47. The Kier molecular flexibility index (Phi) is 7.90. The second-order valence-electron chi connectivity index (χ2n) is 7.88. The first-order valence-electron chi connectivity index (χ1n) is 11.1. The van der Waals surface area contributed by atoms with E-state index in [4.69, 9.17) is 4.74 Å². The van der Waals surface area contributed by atoms with Crippen molar-refractivity contribution in [3.63, 3.8) is 0 Å². The smallest absolute Gasteiger partial charge is 0.248 e. The van der Waals surface area contributed by atoms with Crippen LogP contribution >= 0.6 is 11.3 Å². The molecule has 1 heterocycles. The standard InChI is InChI=1S/C28H25FN2O3S/c1-34-24-15-9-21(10-16-24)27(28(33)30-19-20-6-3-2-4-7-20)31(23-13-11-22(29)12-14-23)26(32)18-25-8-5-17-35-25/h2-17,27H,18-19H2,1H3,(H,30,33). The number of halogens is 1. The van der Waals surface area contributed by atoms with E-state index in [0.29, 0.717) is 23.5 Å². The Hall–Kier alpha value is -3.97. The van der Waals surface area contributed by atoms with Crippen LogP contribution in [0, 0.1) is 5.82 Å². The molecule has 0 bridgehead atoms. The van der Waals surface area contributed by atoms with Gasteiger partial charge in [0.2, 0.25) is 11.8 Å². The number of hydrogen-bond donors (Lipinski definition) is 1. The van der Waals surface area contributed by atoms with Gasteiger partial charge < -0.3 is 10.1 Å². The number of rotatable bonds is 9. The largest absolute Gasteiger partial charge is 0.497 e. The average Bonchev–Trinajstić information content (AvgIpc) is 3.40. The maximum absolute atomic E-state index is 13.7.